The lowest BCUT2D eigenvalue weighted by Gasteiger charge is -2.13. The summed E-state index contributed by atoms with van der Waals surface area (Å²) >= 11 is 0. The zero-order valence-corrected chi connectivity index (χ0v) is 8.06. The van der Waals surface area contributed by atoms with E-state index in [1.165, 1.54) is 13.2 Å². The molecule has 5 heteroatoms. The fourth-order valence-corrected chi connectivity index (χ4v) is 1.88. The maximum Gasteiger partial charge on any atom is 0.271 e. The average molecular weight is 217 g/mol. The first-order valence-electron chi connectivity index (χ1n) is 4.46. The molecule has 2 N–H and O–H groups in total. The number of methoxy groups -OCH3 is 1. The molecule has 2 nitrogen and oxygen atoms in total. The molecule has 0 saturated heterocycles. The van der Waals surface area contributed by atoms with Gasteiger partial charge in [-0.3, -0.25) is 0 Å². The predicted molar refractivity (Wildman–Crippen MR) is 48.5 cm³/mol. The number of ether oxygens (including phenoxy) is 1. The normalized spacial score (nSPS) is 22.6. The lowest BCUT2D eigenvalue weighted by atomic mass is 10.1. The van der Waals surface area contributed by atoms with Crippen LogP contribution in [0.2, 0.25) is 0 Å². The van der Waals surface area contributed by atoms with Crippen LogP contribution >= 0.6 is 0 Å². The number of benzene rings is 1. The van der Waals surface area contributed by atoms with Gasteiger partial charge in [-0.25, -0.2) is 13.2 Å². The van der Waals surface area contributed by atoms with Gasteiger partial charge in [0.1, 0.15) is 0 Å². The number of fused-ring (bicyclic) bond motifs is 1. The smallest absolute Gasteiger partial charge is 0.271 e. The highest BCUT2D eigenvalue weighted by molar-refractivity contribution is 5.48. The zero-order chi connectivity index (χ0) is 11.2. The fourth-order valence-electron chi connectivity index (χ4n) is 1.88. The van der Waals surface area contributed by atoms with Crippen LogP contribution in [0, 0.1) is 5.82 Å². The van der Waals surface area contributed by atoms with Gasteiger partial charge in [0.15, 0.2) is 11.6 Å². The van der Waals surface area contributed by atoms with Crippen LogP contribution in [0.25, 0.3) is 0 Å². The van der Waals surface area contributed by atoms with E-state index >= 15 is 0 Å². The quantitative estimate of drug-likeness (QED) is 0.781. The third-order valence-corrected chi connectivity index (χ3v) is 2.66. The molecule has 0 radical (unpaired) electrons. The highest BCUT2D eigenvalue weighted by Crippen LogP contribution is 2.45. The summed E-state index contributed by atoms with van der Waals surface area (Å²) in [6, 6.07) is 1.01. The van der Waals surface area contributed by atoms with Gasteiger partial charge in [-0.05, 0) is 11.6 Å². The Bertz CT molecular complexity index is 406. The summed E-state index contributed by atoms with van der Waals surface area (Å²) in [6.45, 7) is 0. The molecule has 82 valence electrons. The van der Waals surface area contributed by atoms with Crippen molar-refractivity contribution in [3.8, 4) is 5.75 Å². The molecule has 0 fully saturated rings. The molecule has 1 atom stereocenters. The van der Waals surface area contributed by atoms with Gasteiger partial charge in [0.2, 0.25) is 0 Å². The SMILES string of the molecule is COc1c(F)ccc2c1CC(F)(F)[C@H]2N. The standard InChI is InChI=1S/C10H10F3NO/c1-15-8-6-4-10(12,13)9(14)5(6)2-3-7(8)11/h2-3,9H,4,14H2,1H3/t9-/m0/s1. The van der Waals surface area contributed by atoms with E-state index < -0.39 is 24.2 Å². The molecule has 0 heterocycles. The molecule has 1 aliphatic rings. The van der Waals surface area contributed by atoms with E-state index in [-0.39, 0.29) is 16.9 Å². The van der Waals surface area contributed by atoms with E-state index in [0.29, 0.717) is 0 Å². The molecule has 0 unspecified atom stereocenters. The molecule has 0 spiro atoms. The topological polar surface area (TPSA) is 35.2 Å². The summed E-state index contributed by atoms with van der Waals surface area (Å²) in [6.07, 6.45) is -0.565. The third kappa shape index (κ3) is 1.38. The number of rotatable bonds is 1. The maximum absolute atomic E-state index is 13.3. The van der Waals surface area contributed by atoms with Gasteiger partial charge in [0.25, 0.3) is 5.92 Å². The second kappa shape index (κ2) is 3.13. The van der Waals surface area contributed by atoms with Crippen molar-refractivity contribution < 1.29 is 17.9 Å². The minimum absolute atomic E-state index is 0.125. The molecule has 1 aromatic carbocycles. The van der Waals surface area contributed by atoms with Crippen molar-refractivity contribution in [1.29, 1.82) is 0 Å². The van der Waals surface area contributed by atoms with Crippen LogP contribution < -0.4 is 10.5 Å². The number of hydrogen-bond acceptors (Lipinski definition) is 2. The number of hydrogen-bond donors (Lipinski definition) is 1. The van der Waals surface area contributed by atoms with E-state index in [2.05, 4.69) is 0 Å². The lowest BCUT2D eigenvalue weighted by molar-refractivity contribution is -0.0137. The van der Waals surface area contributed by atoms with Crippen LogP contribution in [-0.2, 0) is 6.42 Å². The van der Waals surface area contributed by atoms with Crippen LogP contribution in [0.5, 0.6) is 5.75 Å². The average Bonchev–Trinajstić information content (AvgIpc) is 2.38. The van der Waals surface area contributed by atoms with Crippen molar-refractivity contribution in [2.75, 3.05) is 7.11 Å². The number of alkyl halides is 2. The van der Waals surface area contributed by atoms with Gasteiger partial charge in [-0.15, -0.1) is 0 Å². The summed E-state index contributed by atoms with van der Waals surface area (Å²) < 4.78 is 44.5. The second-order valence-electron chi connectivity index (χ2n) is 3.56. The Labute approximate surface area is 84.8 Å². The highest BCUT2D eigenvalue weighted by atomic mass is 19.3. The Morgan fingerprint density at radius 2 is 2.13 bits per heavy atom. The van der Waals surface area contributed by atoms with Crippen molar-refractivity contribution in [3.05, 3.63) is 29.1 Å². The summed E-state index contributed by atoms with van der Waals surface area (Å²) in [5, 5.41) is 0. The summed E-state index contributed by atoms with van der Waals surface area (Å²) in [4.78, 5) is 0. The maximum atomic E-state index is 13.3. The molecular weight excluding hydrogens is 207 g/mol. The van der Waals surface area contributed by atoms with Crippen LogP contribution in [-0.4, -0.2) is 13.0 Å². The largest absolute Gasteiger partial charge is 0.493 e. The van der Waals surface area contributed by atoms with E-state index in [0.717, 1.165) is 6.07 Å². The molecule has 0 saturated carbocycles. The fraction of sp³-hybridized carbons (Fsp3) is 0.400. The van der Waals surface area contributed by atoms with Gasteiger partial charge < -0.3 is 10.5 Å². The molecule has 0 aromatic heterocycles. The molecular formula is C10H10F3NO. The Kier molecular flexibility index (Phi) is 2.15. The Balaban J connectivity index is 2.59. The summed E-state index contributed by atoms with van der Waals surface area (Å²) in [5.41, 5.74) is 5.81. The first-order chi connectivity index (χ1) is 6.97. The Morgan fingerprint density at radius 3 is 2.73 bits per heavy atom. The molecule has 15 heavy (non-hydrogen) atoms. The molecule has 1 aliphatic carbocycles. The van der Waals surface area contributed by atoms with E-state index in [9.17, 15) is 13.2 Å². The van der Waals surface area contributed by atoms with Crippen molar-refractivity contribution in [2.45, 2.75) is 18.4 Å². The number of halogens is 3. The van der Waals surface area contributed by atoms with Crippen molar-refractivity contribution >= 4 is 0 Å². The Morgan fingerprint density at radius 1 is 1.47 bits per heavy atom. The van der Waals surface area contributed by atoms with Crippen molar-refractivity contribution in [3.63, 3.8) is 0 Å². The van der Waals surface area contributed by atoms with Crippen molar-refractivity contribution in [1.82, 2.24) is 0 Å². The second-order valence-corrected chi connectivity index (χ2v) is 3.56. The first-order valence-corrected chi connectivity index (χ1v) is 4.46. The monoisotopic (exact) mass is 217 g/mol. The van der Waals surface area contributed by atoms with E-state index in [1.807, 2.05) is 0 Å². The zero-order valence-electron chi connectivity index (χ0n) is 8.06. The minimum Gasteiger partial charge on any atom is -0.493 e. The molecule has 2 rings (SSSR count). The summed E-state index contributed by atoms with van der Waals surface area (Å²) in [5.74, 6) is -3.79. The van der Waals surface area contributed by atoms with Crippen molar-refractivity contribution in [2.24, 2.45) is 5.73 Å². The van der Waals surface area contributed by atoms with Gasteiger partial charge in [0, 0.05) is 12.0 Å². The molecule has 1 aromatic rings. The van der Waals surface area contributed by atoms with Crippen LogP contribution in [0.15, 0.2) is 12.1 Å². The molecule has 0 bridgehead atoms. The van der Waals surface area contributed by atoms with Gasteiger partial charge in [-0.2, -0.15) is 0 Å². The van der Waals surface area contributed by atoms with Gasteiger partial charge in [0.05, 0.1) is 13.2 Å². The van der Waals surface area contributed by atoms with Crippen LogP contribution in [0.4, 0.5) is 13.2 Å². The van der Waals surface area contributed by atoms with E-state index in [4.69, 9.17) is 10.5 Å². The van der Waals surface area contributed by atoms with E-state index in [1.54, 1.807) is 0 Å². The highest BCUT2D eigenvalue weighted by Gasteiger charge is 2.47. The van der Waals surface area contributed by atoms with Crippen LogP contribution in [0.1, 0.15) is 17.2 Å². The molecule has 0 aliphatic heterocycles. The third-order valence-electron chi connectivity index (χ3n) is 2.66. The van der Waals surface area contributed by atoms with Crippen LogP contribution in [0.3, 0.4) is 0 Å². The minimum atomic E-state index is -3.02. The predicted octanol–water partition coefficient (Wildman–Crippen LogP) is 2.03. The van der Waals surface area contributed by atoms with Gasteiger partial charge >= 0.3 is 0 Å². The first kappa shape index (κ1) is 10.3. The molecule has 0 amide bonds. The number of nitrogens with two attached hydrogens (primary N) is 1. The summed E-state index contributed by atoms with van der Waals surface area (Å²) in [7, 11) is 1.25. The van der Waals surface area contributed by atoms with Gasteiger partial charge in [-0.1, -0.05) is 6.07 Å². The lowest BCUT2D eigenvalue weighted by Crippen LogP contribution is -2.28. The Hall–Kier alpha value is -1.23.